The molecular weight excluding hydrogens is 503 g/mol. The fraction of sp³-hybridized carbons (Fsp3) is 0.212. The molecule has 3 nitrogen and oxygen atoms in total. The maximum Gasteiger partial charge on any atom is 0.109 e. The van der Waals surface area contributed by atoms with Crippen LogP contribution in [0.25, 0.3) is 63.9 Å². The van der Waals surface area contributed by atoms with Gasteiger partial charge in [-0.3, -0.25) is 4.99 Å². The van der Waals surface area contributed by atoms with Crippen LogP contribution >= 0.6 is 22.7 Å². The third-order valence-electron chi connectivity index (χ3n) is 8.13. The van der Waals surface area contributed by atoms with Gasteiger partial charge in [0.1, 0.15) is 5.82 Å². The van der Waals surface area contributed by atoms with Crippen molar-refractivity contribution in [3.8, 4) is 11.1 Å². The first kappa shape index (κ1) is 22.4. The van der Waals surface area contributed by atoms with E-state index in [-0.39, 0.29) is 0 Å². The molecule has 1 N–H and O–H groups in total. The minimum atomic E-state index is 0.362. The molecule has 0 amide bonds. The molecule has 38 heavy (non-hydrogen) atoms. The molecule has 0 radical (unpaired) electrons. The molecule has 0 saturated carbocycles. The van der Waals surface area contributed by atoms with E-state index in [4.69, 9.17) is 9.98 Å². The van der Waals surface area contributed by atoms with Crippen molar-refractivity contribution in [3.05, 3.63) is 70.7 Å². The van der Waals surface area contributed by atoms with Gasteiger partial charge in [0.25, 0.3) is 0 Å². The van der Waals surface area contributed by atoms with E-state index in [0.717, 1.165) is 23.3 Å². The first-order valence-electron chi connectivity index (χ1n) is 13.3. The first-order valence-corrected chi connectivity index (χ1v) is 15.1. The molecule has 0 unspecified atom stereocenters. The van der Waals surface area contributed by atoms with Crippen LogP contribution in [0.5, 0.6) is 0 Å². The molecule has 3 aromatic heterocycles. The highest BCUT2D eigenvalue weighted by atomic mass is 32.1. The zero-order valence-electron chi connectivity index (χ0n) is 21.8. The summed E-state index contributed by atoms with van der Waals surface area (Å²) < 4.78 is 2.66. The Morgan fingerprint density at radius 3 is 2.08 bits per heavy atom. The standard InChI is InChI=1S/C33H27N3S2/c1-16(2)27-15-24-20-7-5-18(13-25(20)31-22(9-11-37-31)28(24)34-27)19-6-8-21-26(14-19)32-23(10-12-38-32)30-29(21)35-33(36-30)17(3)4/h5-14,16-17H,15H2,1-4H3,(H,35,36). The molecule has 1 aliphatic heterocycles. The second-order valence-corrected chi connectivity index (χ2v) is 12.9. The molecule has 0 aliphatic carbocycles. The van der Waals surface area contributed by atoms with Crippen LogP contribution in [0, 0.1) is 5.92 Å². The number of fused-ring (bicyclic) bond motifs is 12. The quantitative estimate of drug-likeness (QED) is 0.243. The lowest BCUT2D eigenvalue weighted by molar-refractivity contribution is 0.799. The average molecular weight is 530 g/mol. The van der Waals surface area contributed by atoms with Crippen molar-refractivity contribution in [2.45, 2.75) is 40.0 Å². The van der Waals surface area contributed by atoms with E-state index in [2.05, 4.69) is 92.0 Å². The van der Waals surface area contributed by atoms with Crippen molar-refractivity contribution in [1.29, 1.82) is 0 Å². The number of hydrogen-bond acceptors (Lipinski definition) is 4. The van der Waals surface area contributed by atoms with Crippen LogP contribution < -0.4 is 0 Å². The third-order valence-corrected chi connectivity index (χ3v) is 10.0. The Bertz CT molecular complexity index is 2120. The van der Waals surface area contributed by atoms with Gasteiger partial charge in [0.15, 0.2) is 0 Å². The Kier molecular flexibility index (Phi) is 4.71. The van der Waals surface area contributed by atoms with Crippen LogP contribution in [0.4, 0.5) is 5.69 Å². The van der Waals surface area contributed by atoms with Gasteiger partial charge in [0, 0.05) is 54.4 Å². The van der Waals surface area contributed by atoms with E-state index in [1.54, 1.807) is 0 Å². The fourth-order valence-electron chi connectivity index (χ4n) is 6.06. The lowest BCUT2D eigenvalue weighted by Crippen LogP contribution is -2.06. The summed E-state index contributed by atoms with van der Waals surface area (Å²) in [6, 6.07) is 18.4. The molecule has 8 rings (SSSR count). The molecule has 0 spiro atoms. The largest absolute Gasteiger partial charge is 0.341 e. The summed E-state index contributed by atoms with van der Waals surface area (Å²) in [6.45, 7) is 8.89. The number of aromatic amines is 1. The van der Waals surface area contributed by atoms with Gasteiger partial charge in [-0.2, -0.15) is 0 Å². The Morgan fingerprint density at radius 1 is 0.711 bits per heavy atom. The first-order chi connectivity index (χ1) is 18.5. The monoisotopic (exact) mass is 529 g/mol. The van der Waals surface area contributed by atoms with Crippen molar-refractivity contribution in [3.63, 3.8) is 0 Å². The van der Waals surface area contributed by atoms with Gasteiger partial charge in [0.2, 0.25) is 0 Å². The number of aromatic nitrogens is 2. The SMILES string of the molecule is CC(C)C1=Nc2c(c3ccc(-c4ccc5c(c4)c4sccc4c4nc(C(C)C)[nH]c54)cc3c3sccc23)C1. The van der Waals surface area contributed by atoms with E-state index < -0.39 is 0 Å². The highest BCUT2D eigenvalue weighted by Gasteiger charge is 2.24. The number of hydrogen-bond donors (Lipinski definition) is 1. The second kappa shape index (κ2) is 7.98. The predicted molar refractivity (Wildman–Crippen MR) is 167 cm³/mol. The van der Waals surface area contributed by atoms with Crippen molar-refractivity contribution in [1.82, 2.24) is 9.97 Å². The summed E-state index contributed by atoms with van der Waals surface area (Å²) in [4.78, 5) is 13.7. The highest BCUT2D eigenvalue weighted by molar-refractivity contribution is 7.18. The summed E-state index contributed by atoms with van der Waals surface area (Å²) in [7, 11) is 0. The summed E-state index contributed by atoms with van der Waals surface area (Å²) >= 11 is 3.64. The van der Waals surface area contributed by atoms with E-state index in [0.29, 0.717) is 11.8 Å². The van der Waals surface area contributed by atoms with Crippen molar-refractivity contribution < 1.29 is 0 Å². The number of imidazole rings is 1. The predicted octanol–water partition coefficient (Wildman–Crippen LogP) is 10.4. The van der Waals surface area contributed by atoms with Gasteiger partial charge >= 0.3 is 0 Å². The maximum atomic E-state index is 5.09. The number of H-pyrrole nitrogens is 1. The van der Waals surface area contributed by atoms with Crippen LogP contribution in [0.15, 0.2) is 64.3 Å². The van der Waals surface area contributed by atoms with Crippen LogP contribution in [-0.2, 0) is 6.42 Å². The second-order valence-electron chi connectivity index (χ2n) is 11.1. The Balaban J connectivity index is 1.35. The molecule has 0 fully saturated rings. The Labute approximate surface area is 228 Å². The minimum absolute atomic E-state index is 0.362. The van der Waals surface area contributed by atoms with E-state index in [9.17, 15) is 0 Å². The number of benzene rings is 4. The summed E-state index contributed by atoms with van der Waals surface area (Å²) in [5, 5.41) is 12.2. The number of nitrogens with zero attached hydrogens (tertiary/aromatic N) is 2. The van der Waals surface area contributed by atoms with Gasteiger partial charge in [-0.25, -0.2) is 4.98 Å². The molecule has 0 bridgehead atoms. The summed E-state index contributed by atoms with van der Waals surface area (Å²) in [5.74, 6) is 1.88. The number of thiophene rings is 2. The highest BCUT2D eigenvalue weighted by Crippen LogP contribution is 2.46. The van der Waals surface area contributed by atoms with E-state index in [1.807, 2.05) is 22.7 Å². The van der Waals surface area contributed by atoms with Gasteiger partial charge in [-0.05, 0) is 63.0 Å². The lowest BCUT2D eigenvalue weighted by atomic mass is 9.93. The molecule has 0 atom stereocenters. The van der Waals surface area contributed by atoms with Gasteiger partial charge < -0.3 is 4.98 Å². The molecule has 0 saturated heterocycles. The maximum absolute atomic E-state index is 5.09. The Hall–Kier alpha value is -3.54. The average Bonchev–Trinajstić information content (AvgIpc) is 3.72. The molecule has 5 heteroatoms. The molecule has 4 aromatic carbocycles. The number of aliphatic imine (C=N–C) groups is 1. The smallest absolute Gasteiger partial charge is 0.109 e. The fourth-order valence-corrected chi connectivity index (χ4v) is 7.92. The molecule has 4 heterocycles. The number of nitrogens with one attached hydrogen (secondary N) is 1. The van der Waals surface area contributed by atoms with Crippen molar-refractivity contribution in [2.75, 3.05) is 0 Å². The molecular formula is C33H27N3S2. The zero-order chi connectivity index (χ0) is 25.7. The third kappa shape index (κ3) is 3.06. The number of rotatable bonds is 3. The van der Waals surface area contributed by atoms with Crippen molar-refractivity contribution >= 4 is 86.8 Å². The van der Waals surface area contributed by atoms with Crippen LogP contribution in [-0.4, -0.2) is 15.7 Å². The van der Waals surface area contributed by atoms with E-state index in [1.165, 1.54) is 69.8 Å². The molecule has 1 aliphatic rings. The van der Waals surface area contributed by atoms with Gasteiger partial charge in [-0.15, -0.1) is 22.7 Å². The lowest BCUT2D eigenvalue weighted by Gasteiger charge is -2.11. The molecule has 186 valence electrons. The van der Waals surface area contributed by atoms with Crippen molar-refractivity contribution in [2.24, 2.45) is 10.9 Å². The summed E-state index contributed by atoms with van der Waals surface area (Å²) in [5.41, 5.74) is 8.63. The van der Waals surface area contributed by atoms with Crippen LogP contribution in [0.1, 0.15) is 45.0 Å². The summed E-state index contributed by atoms with van der Waals surface area (Å²) in [6.07, 6.45) is 0.958. The van der Waals surface area contributed by atoms with E-state index >= 15 is 0 Å². The molecule has 7 aromatic rings. The van der Waals surface area contributed by atoms with Gasteiger partial charge in [0.05, 0.1) is 16.7 Å². The topological polar surface area (TPSA) is 41.0 Å². The van der Waals surface area contributed by atoms with Crippen LogP contribution in [0.3, 0.4) is 0 Å². The zero-order valence-corrected chi connectivity index (χ0v) is 23.5. The van der Waals surface area contributed by atoms with Crippen LogP contribution in [0.2, 0.25) is 0 Å². The normalized spacial score (nSPS) is 13.8. The van der Waals surface area contributed by atoms with Gasteiger partial charge in [-0.1, -0.05) is 52.0 Å². The minimum Gasteiger partial charge on any atom is -0.341 e. The Morgan fingerprint density at radius 2 is 1.37 bits per heavy atom.